The van der Waals surface area contributed by atoms with E-state index in [4.69, 9.17) is 15.5 Å². The average molecular weight is 155 g/mol. The highest BCUT2D eigenvalue weighted by molar-refractivity contribution is 6.93. The van der Waals surface area contributed by atoms with E-state index in [1.807, 2.05) is 0 Å². The van der Waals surface area contributed by atoms with Gasteiger partial charge in [0, 0.05) is 6.23 Å². The van der Waals surface area contributed by atoms with E-state index in [9.17, 15) is 0 Å². The van der Waals surface area contributed by atoms with Crippen LogP contribution in [-0.2, 0) is 4.43 Å². The summed E-state index contributed by atoms with van der Waals surface area (Å²) in [5.41, 5.74) is 0. The second kappa shape index (κ2) is 4.83. The zero-order valence-corrected chi connectivity index (χ0v) is 8.10. The molecule has 0 bridgehead atoms. The first-order valence-corrected chi connectivity index (χ1v) is 8.37. The minimum Gasteiger partial charge on any atom is -0.423 e. The lowest BCUT2D eigenvalue weighted by molar-refractivity contribution is 0.400. The Hall–Kier alpha value is 0.684. The van der Waals surface area contributed by atoms with Crippen LogP contribution in [0.3, 0.4) is 0 Å². The maximum absolute atomic E-state index is 5.48. The molecule has 1 nitrogen and oxygen atoms in total. The fraction of sp³-hybridized carbons (Fsp3) is 1.00. The Kier molecular flexibility index (Phi) is 5.31. The van der Waals surface area contributed by atoms with Crippen molar-refractivity contribution < 1.29 is 4.43 Å². The Morgan fingerprint density at radius 3 is 2.43 bits per heavy atom. The molecule has 4 heteroatoms. The Bertz CT molecular complexity index is 41.9. The van der Waals surface area contributed by atoms with Crippen LogP contribution in [0.4, 0.5) is 0 Å². The van der Waals surface area contributed by atoms with Crippen molar-refractivity contribution in [1.82, 2.24) is 0 Å². The van der Waals surface area contributed by atoms with Gasteiger partial charge < -0.3 is 4.43 Å². The van der Waals surface area contributed by atoms with Crippen molar-refractivity contribution in [2.75, 3.05) is 6.23 Å². The summed E-state index contributed by atoms with van der Waals surface area (Å²) in [5, 5.41) is 0. The Morgan fingerprint density at radius 1 is 1.71 bits per heavy atom. The van der Waals surface area contributed by atoms with Crippen LogP contribution >= 0.6 is 11.1 Å². The molecule has 7 heavy (non-hydrogen) atoms. The molecule has 0 rings (SSSR count). The van der Waals surface area contributed by atoms with Crippen LogP contribution < -0.4 is 0 Å². The quantitative estimate of drug-likeness (QED) is 0.419. The molecule has 0 aromatic carbocycles. The van der Waals surface area contributed by atoms with E-state index in [0.717, 1.165) is 6.23 Å². The molecule has 0 atom stereocenters. The number of hydrogen-bond acceptors (Lipinski definition) is 1. The van der Waals surface area contributed by atoms with Crippen molar-refractivity contribution in [3.63, 3.8) is 0 Å². The molecular formula is C3H11ClOSi2. The van der Waals surface area contributed by atoms with E-state index in [0.29, 0.717) is 0 Å². The first-order chi connectivity index (χ1) is 3.27. The van der Waals surface area contributed by atoms with E-state index in [2.05, 4.69) is 13.1 Å². The molecule has 0 aliphatic heterocycles. The molecule has 0 fully saturated rings. The third-order valence-electron chi connectivity index (χ3n) is 0.528. The summed E-state index contributed by atoms with van der Waals surface area (Å²) in [4.78, 5) is 0. The van der Waals surface area contributed by atoms with Gasteiger partial charge in [-0.2, -0.15) is 11.1 Å². The highest BCUT2D eigenvalue weighted by Crippen LogP contribution is 1.81. The van der Waals surface area contributed by atoms with Gasteiger partial charge in [-0.1, -0.05) is 0 Å². The summed E-state index contributed by atoms with van der Waals surface area (Å²) >= 11 is 5.48. The predicted molar refractivity (Wildman–Crippen MR) is 39.2 cm³/mol. The first-order valence-electron chi connectivity index (χ1n) is 2.45. The summed E-state index contributed by atoms with van der Waals surface area (Å²) < 4.78 is 5.26. The molecule has 0 aromatic heterocycles. The first kappa shape index (κ1) is 7.68. The molecule has 0 saturated carbocycles. The van der Waals surface area contributed by atoms with Crippen molar-refractivity contribution in [3.05, 3.63) is 0 Å². The monoisotopic (exact) mass is 154 g/mol. The third kappa shape index (κ3) is 6.68. The number of halogens is 1. The molecular weight excluding hydrogens is 144 g/mol. The van der Waals surface area contributed by atoms with E-state index in [-0.39, 0.29) is 8.83 Å². The average Bonchev–Trinajstić information content (AvgIpc) is 1.61. The van der Waals surface area contributed by atoms with Crippen LogP contribution in [0.2, 0.25) is 13.1 Å². The van der Waals surface area contributed by atoms with Gasteiger partial charge in [-0.15, -0.1) is 0 Å². The maximum atomic E-state index is 5.48. The standard InChI is InChI=1S/C3H11ClOSi2/c1-7(2)5-3-6-4/h7H,3,6H2,1-2H3. The van der Waals surface area contributed by atoms with Crippen LogP contribution in [0.15, 0.2) is 0 Å². The third-order valence-corrected chi connectivity index (χ3v) is 2.76. The van der Waals surface area contributed by atoms with Crippen molar-refractivity contribution in [2.45, 2.75) is 13.1 Å². The van der Waals surface area contributed by atoms with E-state index >= 15 is 0 Å². The lowest BCUT2D eigenvalue weighted by Gasteiger charge is -2.00. The molecule has 44 valence electrons. The molecule has 0 saturated heterocycles. The fourth-order valence-corrected chi connectivity index (χ4v) is 3.32. The predicted octanol–water partition coefficient (Wildman–Crippen LogP) is 0.266. The minimum atomic E-state index is -0.738. The molecule has 0 aliphatic carbocycles. The summed E-state index contributed by atoms with van der Waals surface area (Å²) in [6.07, 6.45) is 0.867. The lowest BCUT2D eigenvalue weighted by atomic mass is 11.7. The van der Waals surface area contributed by atoms with Crippen molar-refractivity contribution >= 4 is 28.9 Å². The van der Waals surface area contributed by atoms with Crippen LogP contribution in [0.1, 0.15) is 0 Å². The smallest absolute Gasteiger partial charge is 0.170 e. The zero-order chi connectivity index (χ0) is 5.70. The van der Waals surface area contributed by atoms with E-state index in [1.54, 1.807) is 0 Å². The second-order valence-corrected chi connectivity index (χ2v) is 5.96. The normalized spacial score (nSPS) is 12.0. The fourth-order valence-electron chi connectivity index (χ4n) is 0.280. The van der Waals surface area contributed by atoms with Crippen molar-refractivity contribution in [2.24, 2.45) is 0 Å². The van der Waals surface area contributed by atoms with Crippen LogP contribution in [0, 0.1) is 0 Å². The number of hydrogen-bond donors (Lipinski definition) is 0. The molecule has 0 unspecified atom stereocenters. The van der Waals surface area contributed by atoms with Gasteiger partial charge in [0.15, 0.2) is 17.9 Å². The van der Waals surface area contributed by atoms with Gasteiger partial charge in [0.1, 0.15) is 0 Å². The summed E-state index contributed by atoms with van der Waals surface area (Å²) in [6, 6.07) is 0. The molecule has 0 aromatic rings. The molecule has 0 amide bonds. The molecule has 0 spiro atoms. The second-order valence-electron chi connectivity index (χ2n) is 1.61. The Morgan fingerprint density at radius 2 is 2.29 bits per heavy atom. The van der Waals surface area contributed by atoms with E-state index < -0.39 is 9.04 Å². The van der Waals surface area contributed by atoms with Crippen molar-refractivity contribution in [3.8, 4) is 0 Å². The maximum Gasteiger partial charge on any atom is 0.170 e. The molecule has 0 aliphatic rings. The lowest BCUT2D eigenvalue weighted by Crippen LogP contribution is -2.10. The van der Waals surface area contributed by atoms with Gasteiger partial charge in [-0.05, 0) is 13.1 Å². The highest BCUT2D eigenvalue weighted by atomic mass is 35.6. The van der Waals surface area contributed by atoms with E-state index in [1.165, 1.54) is 0 Å². The molecule has 0 N–H and O–H groups in total. The van der Waals surface area contributed by atoms with Gasteiger partial charge in [0.2, 0.25) is 0 Å². The summed E-state index contributed by atoms with van der Waals surface area (Å²) in [5.74, 6) is 0. The largest absolute Gasteiger partial charge is 0.423 e. The van der Waals surface area contributed by atoms with Gasteiger partial charge in [-0.25, -0.2) is 0 Å². The summed E-state index contributed by atoms with van der Waals surface area (Å²) in [6.45, 7) is 4.31. The topological polar surface area (TPSA) is 9.23 Å². The van der Waals surface area contributed by atoms with Crippen LogP contribution in [-0.4, -0.2) is 24.1 Å². The van der Waals surface area contributed by atoms with Gasteiger partial charge in [0.25, 0.3) is 0 Å². The van der Waals surface area contributed by atoms with Gasteiger partial charge in [-0.3, -0.25) is 0 Å². The van der Waals surface area contributed by atoms with Crippen LogP contribution in [0.5, 0.6) is 0 Å². The Labute approximate surface area is 53.3 Å². The molecule has 0 heterocycles. The Balaban J connectivity index is 2.68. The SMILES string of the molecule is C[SiH](C)OC[SiH2]Cl. The van der Waals surface area contributed by atoms with Gasteiger partial charge in [0.05, 0.1) is 0 Å². The molecule has 0 radical (unpaired) electrons. The summed E-state index contributed by atoms with van der Waals surface area (Å²) in [7, 11) is -1.08. The van der Waals surface area contributed by atoms with Gasteiger partial charge >= 0.3 is 0 Å². The van der Waals surface area contributed by atoms with Crippen molar-refractivity contribution in [1.29, 1.82) is 0 Å². The zero-order valence-electron chi connectivity index (χ0n) is 4.78. The van der Waals surface area contributed by atoms with Crippen LogP contribution in [0.25, 0.3) is 0 Å². The number of rotatable bonds is 3. The highest BCUT2D eigenvalue weighted by Gasteiger charge is 1.91. The minimum absolute atomic E-state index is 0.344.